The molecule has 0 aliphatic carbocycles. The average molecular weight is 665 g/mol. The summed E-state index contributed by atoms with van der Waals surface area (Å²) in [7, 11) is -4.67. The van der Waals surface area contributed by atoms with Crippen molar-refractivity contribution in [3.05, 3.63) is 103 Å². The number of phenolic OH excluding ortho intramolecular Hbond substituents is 1. The van der Waals surface area contributed by atoms with Crippen LogP contribution in [0, 0.1) is 0 Å². The van der Waals surface area contributed by atoms with Gasteiger partial charge >= 0.3 is 130 Å². The number of benzene rings is 3. The van der Waals surface area contributed by atoms with Crippen molar-refractivity contribution in [2.45, 2.75) is 0 Å². The molecule has 0 atom stereocenters. The Morgan fingerprint density at radius 2 is 1.21 bits per heavy atom. The molecule has 5 rings (SSSR count). The van der Waals surface area contributed by atoms with E-state index in [4.69, 9.17) is 20.2 Å². The SMILES string of the molecule is O=S(=O)(O)O.Oc1cccc2cccnc12.c1cc[c]([Hg][O]c2cccc3cccnc23)cc1. The van der Waals surface area contributed by atoms with Crippen LogP contribution in [0.3, 0.4) is 0 Å². The summed E-state index contributed by atoms with van der Waals surface area (Å²) in [5, 5.41) is 11.4. The van der Waals surface area contributed by atoms with Gasteiger partial charge in [-0.1, -0.05) is 18.2 Å². The molecular weight excluding hydrogens is 645 g/mol. The Hall–Kier alpha value is -3.11. The van der Waals surface area contributed by atoms with Gasteiger partial charge in [0.15, 0.2) is 0 Å². The second kappa shape index (κ2) is 12.4. The summed E-state index contributed by atoms with van der Waals surface area (Å²) in [5.41, 5.74) is 1.63. The number of fused-ring (bicyclic) bond motifs is 2. The fraction of sp³-hybridized carbons (Fsp3) is 0. The average Bonchev–Trinajstić information content (AvgIpc) is 2.83. The van der Waals surface area contributed by atoms with Crippen molar-refractivity contribution >= 4 is 35.3 Å². The second-order valence-corrected chi connectivity index (χ2v) is 13.2. The molecule has 0 radical (unpaired) electrons. The molecule has 3 N–H and O–H groups in total. The number of aromatic hydroxyl groups is 1. The molecule has 2 aromatic heterocycles. The minimum absolute atomic E-state index is 0.239. The van der Waals surface area contributed by atoms with E-state index in [9.17, 15) is 5.11 Å². The van der Waals surface area contributed by atoms with Crippen molar-refractivity contribution in [3.8, 4) is 11.5 Å². The molecule has 8 nitrogen and oxygen atoms in total. The zero-order valence-corrected chi connectivity index (χ0v) is 24.2. The predicted octanol–water partition coefficient (Wildman–Crippen LogP) is 4.22. The van der Waals surface area contributed by atoms with Crippen molar-refractivity contribution in [2.75, 3.05) is 0 Å². The first-order chi connectivity index (χ1) is 16.3. The third-order valence-electron chi connectivity index (χ3n) is 4.44. The van der Waals surface area contributed by atoms with Crippen molar-refractivity contribution in [1.29, 1.82) is 0 Å². The van der Waals surface area contributed by atoms with Gasteiger partial charge in [-0.15, -0.1) is 0 Å². The first-order valence-electron chi connectivity index (χ1n) is 10.0. The molecule has 0 spiro atoms. The first-order valence-corrected chi connectivity index (χ1v) is 16.4. The molecule has 170 valence electrons. The molecule has 0 bridgehead atoms. The monoisotopic (exact) mass is 666 g/mol. The zero-order chi connectivity index (χ0) is 24.4. The summed E-state index contributed by atoms with van der Waals surface area (Å²) in [6, 6.07) is 29.7. The van der Waals surface area contributed by atoms with E-state index in [-0.39, 0.29) is 5.75 Å². The molecule has 34 heavy (non-hydrogen) atoms. The Morgan fingerprint density at radius 3 is 1.82 bits per heavy atom. The summed E-state index contributed by atoms with van der Waals surface area (Å²) in [4.78, 5) is 8.43. The molecule has 0 aliphatic rings. The molecule has 0 amide bonds. The van der Waals surface area contributed by atoms with E-state index in [1.807, 2.05) is 48.7 Å². The van der Waals surface area contributed by atoms with Gasteiger partial charge in [-0.3, -0.25) is 14.1 Å². The van der Waals surface area contributed by atoms with E-state index >= 15 is 0 Å². The van der Waals surface area contributed by atoms with Crippen molar-refractivity contribution in [1.82, 2.24) is 9.97 Å². The van der Waals surface area contributed by atoms with E-state index in [0.717, 1.165) is 22.0 Å². The van der Waals surface area contributed by atoms with Crippen LogP contribution in [0.4, 0.5) is 0 Å². The number of hydrogen-bond acceptors (Lipinski definition) is 6. The van der Waals surface area contributed by atoms with Crippen LogP contribution in [-0.4, -0.2) is 32.6 Å². The topological polar surface area (TPSA) is 130 Å². The number of nitrogens with zero attached hydrogens (tertiary/aromatic N) is 2. The molecule has 5 aromatic rings. The molecular formula is C24H20HgN2O6S. The van der Waals surface area contributed by atoms with Crippen LogP contribution < -0.4 is 5.72 Å². The molecule has 0 saturated carbocycles. The Morgan fingerprint density at radius 1 is 0.676 bits per heavy atom. The summed E-state index contributed by atoms with van der Waals surface area (Å²) in [5.74, 6) is 1.17. The van der Waals surface area contributed by atoms with Gasteiger partial charge in [-0.05, 0) is 12.1 Å². The van der Waals surface area contributed by atoms with E-state index in [0.29, 0.717) is 5.52 Å². The molecule has 10 heteroatoms. The quantitative estimate of drug-likeness (QED) is 0.193. The fourth-order valence-electron chi connectivity index (χ4n) is 3.02. The van der Waals surface area contributed by atoms with Crippen LogP contribution in [-0.2, 0) is 35.4 Å². The molecule has 0 aliphatic heterocycles. The molecule has 3 aromatic carbocycles. The third kappa shape index (κ3) is 8.34. The Labute approximate surface area is 209 Å². The van der Waals surface area contributed by atoms with Gasteiger partial charge in [0, 0.05) is 11.6 Å². The molecule has 0 unspecified atom stereocenters. The third-order valence-corrected chi connectivity index (χ3v) is 9.34. The molecule has 0 saturated heterocycles. The Bertz CT molecular complexity index is 1450. The van der Waals surface area contributed by atoms with Crippen LogP contribution in [0.1, 0.15) is 0 Å². The number of phenols is 1. The van der Waals surface area contributed by atoms with E-state index < -0.39 is 35.4 Å². The van der Waals surface area contributed by atoms with Gasteiger partial charge < -0.3 is 5.11 Å². The van der Waals surface area contributed by atoms with Crippen molar-refractivity contribution in [2.24, 2.45) is 0 Å². The predicted molar refractivity (Wildman–Crippen MR) is 126 cm³/mol. The van der Waals surface area contributed by atoms with Crippen LogP contribution in [0.25, 0.3) is 21.8 Å². The van der Waals surface area contributed by atoms with Crippen LogP contribution >= 0.6 is 0 Å². The molecule has 0 fully saturated rings. The number of rotatable bonds is 3. The summed E-state index contributed by atoms with van der Waals surface area (Å²) < 4.78 is 39.0. The number of hydrogen-bond donors (Lipinski definition) is 3. The van der Waals surface area contributed by atoms with Gasteiger partial charge in [-0.2, -0.15) is 8.42 Å². The summed E-state index contributed by atoms with van der Waals surface area (Å²) in [6.45, 7) is 0. The number of pyridine rings is 2. The van der Waals surface area contributed by atoms with Gasteiger partial charge in [0.1, 0.15) is 11.3 Å². The van der Waals surface area contributed by atoms with Gasteiger partial charge in [0.25, 0.3) is 0 Å². The van der Waals surface area contributed by atoms with Crippen molar-refractivity contribution in [3.63, 3.8) is 0 Å². The standard InChI is InChI=1S/2C9H7NO.C6H5.Hg.H2O4S/c2*11-8-5-1-3-7-4-2-6-10-9(7)8;1-2-4-6-5-3-1;;1-5(2,3)4/h2*1-6,11H;1-5H;;(H2,1,2,3,4)/q;;;+1;/p-1. The zero-order valence-electron chi connectivity index (χ0n) is 17.9. The van der Waals surface area contributed by atoms with E-state index in [2.05, 4.69) is 46.4 Å². The van der Waals surface area contributed by atoms with Crippen LogP contribution in [0.2, 0.25) is 0 Å². The Kier molecular flexibility index (Phi) is 9.28. The fourth-order valence-corrected chi connectivity index (χ4v) is 6.98. The van der Waals surface area contributed by atoms with Crippen LogP contribution in [0.5, 0.6) is 11.5 Å². The van der Waals surface area contributed by atoms with Gasteiger partial charge in [-0.25, -0.2) is 0 Å². The summed E-state index contributed by atoms with van der Waals surface area (Å²) in [6.07, 6.45) is 3.48. The minimum atomic E-state index is -4.67. The number of aromatic nitrogens is 2. The van der Waals surface area contributed by atoms with Gasteiger partial charge in [0.2, 0.25) is 0 Å². The Balaban J connectivity index is 0.000000172. The van der Waals surface area contributed by atoms with Crippen molar-refractivity contribution < 1.29 is 50.3 Å². The second-order valence-electron chi connectivity index (χ2n) is 6.91. The van der Waals surface area contributed by atoms with Crippen LogP contribution in [0.15, 0.2) is 103 Å². The number of para-hydroxylation sites is 2. The molecule has 2 heterocycles. The van der Waals surface area contributed by atoms with E-state index in [1.165, 1.54) is 3.07 Å². The normalized spacial score (nSPS) is 10.3. The maximum atomic E-state index is 9.31. The maximum absolute atomic E-state index is 9.31. The first kappa shape index (κ1) is 25.5. The van der Waals surface area contributed by atoms with Gasteiger partial charge in [0.05, 0.1) is 0 Å². The van der Waals surface area contributed by atoms with E-state index in [1.54, 1.807) is 18.3 Å². The summed E-state index contributed by atoms with van der Waals surface area (Å²) >= 11 is -1.52.